The van der Waals surface area contributed by atoms with Gasteiger partial charge in [-0.1, -0.05) is 39.0 Å². The molecule has 0 atom stereocenters. The van der Waals surface area contributed by atoms with Gasteiger partial charge in [0.1, 0.15) is 5.78 Å². The van der Waals surface area contributed by atoms with Crippen LogP contribution in [0.3, 0.4) is 0 Å². The zero-order valence-electron chi connectivity index (χ0n) is 11.8. The molecule has 18 heavy (non-hydrogen) atoms. The van der Waals surface area contributed by atoms with Gasteiger partial charge in [-0.05, 0) is 18.9 Å². The zero-order chi connectivity index (χ0) is 13.2. The largest absolute Gasteiger partial charge is 0.300 e. The molecule has 1 aromatic heterocycles. The van der Waals surface area contributed by atoms with E-state index in [2.05, 4.69) is 12.0 Å². The Morgan fingerprint density at radius 3 is 2.56 bits per heavy atom. The van der Waals surface area contributed by atoms with Crippen LogP contribution in [0, 0.1) is 0 Å². The van der Waals surface area contributed by atoms with Crippen LogP contribution < -0.4 is 0 Å². The number of hydrogen-bond acceptors (Lipinski definition) is 2. The summed E-state index contributed by atoms with van der Waals surface area (Å²) >= 11 is 0. The summed E-state index contributed by atoms with van der Waals surface area (Å²) in [6.45, 7) is 2.22. The molecule has 1 rings (SSSR count). The van der Waals surface area contributed by atoms with Gasteiger partial charge in [0.05, 0.1) is 0 Å². The molecule has 0 radical (unpaired) electrons. The second-order valence-corrected chi connectivity index (χ2v) is 5.00. The zero-order valence-corrected chi connectivity index (χ0v) is 11.8. The molecular formula is C15H26N2O. The molecule has 3 heteroatoms. The Hall–Kier alpha value is -1.12. The summed E-state index contributed by atoms with van der Waals surface area (Å²) in [5.41, 5.74) is 1.14. The molecule has 0 spiro atoms. The van der Waals surface area contributed by atoms with E-state index in [4.69, 9.17) is 0 Å². The van der Waals surface area contributed by atoms with Crippen LogP contribution in [0.15, 0.2) is 12.3 Å². The van der Waals surface area contributed by atoms with Gasteiger partial charge in [-0.25, -0.2) is 0 Å². The maximum absolute atomic E-state index is 11.7. The number of unbranched alkanes of at least 4 members (excludes halogenated alkanes) is 5. The van der Waals surface area contributed by atoms with Gasteiger partial charge in [-0.2, -0.15) is 5.10 Å². The lowest BCUT2D eigenvalue weighted by atomic mass is 10.0. The molecule has 3 nitrogen and oxygen atoms in total. The Balaban J connectivity index is 2.02. The number of carbonyl (C=O) groups excluding carboxylic acids is 1. The predicted molar refractivity (Wildman–Crippen MR) is 74.5 cm³/mol. The fourth-order valence-electron chi connectivity index (χ4n) is 2.14. The minimum Gasteiger partial charge on any atom is -0.300 e. The molecule has 0 aromatic carbocycles. The summed E-state index contributed by atoms with van der Waals surface area (Å²) in [7, 11) is 1.92. The lowest BCUT2D eigenvalue weighted by molar-refractivity contribution is -0.119. The van der Waals surface area contributed by atoms with E-state index in [0.717, 1.165) is 25.0 Å². The summed E-state index contributed by atoms with van der Waals surface area (Å²) in [6, 6.07) is 1.98. The first-order chi connectivity index (χ1) is 8.74. The SMILES string of the molecule is CCCCCCCCC(=O)CCc1ccnn1C. The third kappa shape index (κ3) is 5.99. The lowest BCUT2D eigenvalue weighted by Gasteiger charge is -2.02. The fraction of sp³-hybridized carbons (Fsp3) is 0.733. The molecule has 0 aliphatic rings. The molecule has 0 aliphatic heterocycles. The Morgan fingerprint density at radius 1 is 1.17 bits per heavy atom. The van der Waals surface area contributed by atoms with Gasteiger partial charge < -0.3 is 0 Å². The Bertz CT molecular complexity index is 344. The normalized spacial score (nSPS) is 10.8. The highest BCUT2D eigenvalue weighted by molar-refractivity contribution is 5.78. The number of nitrogens with zero attached hydrogens (tertiary/aromatic N) is 2. The highest BCUT2D eigenvalue weighted by Crippen LogP contribution is 2.09. The van der Waals surface area contributed by atoms with Gasteiger partial charge in [0.25, 0.3) is 0 Å². The number of rotatable bonds is 10. The average molecular weight is 250 g/mol. The van der Waals surface area contributed by atoms with Crippen molar-refractivity contribution in [2.45, 2.75) is 64.7 Å². The van der Waals surface area contributed by atoms with E-state index in [-0.39, 0.29) is 0 Å². The van der Waals surface area contributed by atoms with Crippen LogP contribution in [-0.4, -0.2) is 15.6 Å². The second-order valence-electron chi connectivity index (χ2n) is 5.00. The molecule has 0 saturated carbocycles. The van der Waals surface area contributed by atoms with Gasteiger partial charge in [0.2, 0.25) is 0 Å². The van der Waals surface area contributed by atoms with Gasteiger partial charge in [-0.3, -0.25) is 9.48 Å². The quantitative estimate of drug-likeness (QED) is 0.594. The summed E-state index contributed by atoms with van der Waals surface area (Å²) in [5.74, 6) is 0.395. The first-order valence-corrected chi connectivity index (χ1v) is 7.22. The summed E-state index contributed by atoms with van der Waals surface area (Å²) in [4.78, 5) is 11.7. The third-order valence-corrected chi connectivity index (χ3v) is 3.39. The van der Waals surface area contributed by atoms with Gasteiger partial charge >= 0.3 is 0 Å². The minimum absolute atomic E-state index is 0.395. The van der Waals surface area contributed by atoms with Gasteiger partial charge in [0, 0.05) is 31.8 Å². The van der Waals surface area contributed by atoms with Crippen LogP contribution in [0.4, 0.5) is 0 Å². The first-order valence-electron chi connectivity index (χ1n) is 7.22. The Kier molecular flexibility index (Phi) is 7.38. The maximum Gasteiger partial charge on any atom is 0.133 e. The second kappa shape index (κ2) is 8.90. The molecule has 0 saturated heterocycles. The van der Waals surface area contributed by atoms with Crippen LogP contribution in [0.1, 0.15) is 64.0 Å². The van der Waals surface area contributed by atoms with Crippen LogP contribution in [0.25, 0.3) is 0 Å². The van der Waals surface area contributed by atoms with Crippen molar-refractivity contribution in [1.29, 1.82) is 0 Å². The van der Waals surface area contributed by atoms with Crippen molar-refractivity contribution in [2.24, 2.45) is 7.05 Å². The van der Waals surface area contributed by atoms with E-state index in [0.29, 0.717) is 12.2 Å². The summed E-state index contributed by atoms with van der Waals surface area (Å²) in [6.07, 6.45) is 11.5. The molecule has 0 amide bonds. The van der Waals surface area contributed by atoms with Crippen LogP contribution in [0.2, 0.25) is 0 Å². The highest BCUT2D eigenvalue weighted by atomic mass is 16.1. The topological polar surface area (TPSA) is 34.9 Å². The highest BCUT2D eigenvalue weighted by Gasteiger charge is 2.04. The number of aromatic nitrogens is 2. The Labute approximate surface area is 111 Å². The van der Waals surface area contributed by atoms with E-state index in [1.54, 1.807) is 6.20 Å². The maximum atomic E-state index is 11.7. The molecule has 0 N–H and O–H groups in total. The van der Waals surface area contributed by atoms with E-state index in [1.807, 2.05) is 17.8 Å². The molecule has 102 valence electrons. The molecule has 1 heterocycles. The third-order valence-electron chi connectivity index (χ3n) is 3.39. The van der Waals surface area contributed by atoms with E-state index < -0.39 is 0 Å². The van der Waals surface area contributed by atoms with Crippen molar-refractivity contribution in [3.05, 3.63) is 18.0 Å². The number of hydrogen-bond donors (Lipinski definition) is 0. The van der Waals surface area contributed by atoms with Crippen LogP contribution in [0.5, 0.6) is 0 Å². The number of Topliss-reactive ketones (excluding diaryl/α,β-unsaturated/α-hetero) is 1. The van der Waals surface area contributed by atoms with Crippen molar-refractivity contribution in [3.8, 4) is 0 Å². The van der Waals surface area contributed by atoms with Crippen molar-refractivity contribution in [2.75, 3.05) is 0 Å². The van der Waals surface area contributed by atoms with E-state index in [9.17, 15) is 4.79 Å². The number of aryl methyl sites for hydroxylation is 2. The van der Waals surface area contributed by atoms with E-state index >= 15 is 0 Å². The molecule has 0 fully saturated rings. The molecule has 0 unspecified atom stereocenters. The van der Waals surface area contributed by atoms with E-state index in [1.165, 1.54) is 32.1 Å². The standard InChI is InChI=1S/C15H26N2O/c1-3-4-5-6-7-8-9-15(18)11-10-14-12-13-16-17(14)2/h12-13H,3-11H2,1-2H3. The summed E-state index contributed by atoms with van der Waals surface area (Å²) in [5, 5.41) is 4.10. The average Bonchev–Trinajstić information content (AvgIpc) is 2.77. The number of ketones is 1. The predicted octanol–water partition coefficient (Wildman–Crippen LogP) is 3.67. The van der Waals surface area contributed by atoms with Crippen LogP contribution in [-0.2, 0) is 18.3 Å². The first kappa shape index (κ1) is 14.9. The van der Waals surface area contributed by atoms with Crippen molar-refractivity contribution in [1.82, 2.24) is 9.78 Å². The van der Waals surface area contributed by atoms with Crippen molar-refractivity contribution in [3.63, 3.8) is 0 Å². The molecule has 0 aliphatic carbocycles. The monoisotopic (exact) mass is 250 g/mol. The molecule has 1 aromatic rings. The Morgan fingerprint density at radius 2 is 1.89 bits per heavy atom. The lowest BCUT2D eigenvalue weighted by Crippen LogP contribution is -2.04. The van der Waals surface area contributed by atoms with Gasteiger partial charge in [-0.15, -0.1) is 0 Å². The summed E-state index contributed by atoms with van der Waals surface area (Å²) < 4.78 is 1.85. The molecular weight excluding hydrogens is 224 g/mol. The van der Waals surface area contributed by atoms with Crippen LogP contribution >= 0.6 is 0 Å². The van der Waals surface area contributed by atoms with Gasteiger partial charge in [0.15, 0.2) is 0 Å². The van der Waals surface area contributed by atoms with Crippen molar-refractivity contribution < 1.29 is 4.79 Å². The molecule has 0 bridgehead atoms. The minimum atomic E-state index is 0.395. The smallest absolute Gasteiger partial charge is 0.133 e. The fourth-order valence-corrected chi connectivity index (χ4v) is 2.14. The van der Waals surface area contributed by atoms with Crippen molar-refractivity contribution >= 4 is 5.78 Å². The number of carbonyl (C=O) groups is 1.